The molecule has 3 N–H and O–H groups in total. The van der Waals surface area contributed by atoms with Crippen molar-refractivity contribution in [2.45, 2.75) is 77.4 Å². The van der Waals surface area contributed by atoms with Crippen LogP contribution in [0.25, 0.3) is 0 Å². The van der Waals surface area contributed by atoms with Crippen molar-refractivity contribution in [3.8, 4) is 5.75 Å². The molecule has 150 valence electrons. The monoisotopic (exact) mass is 375 g/mol. The highest BCUT2D eigenvalue weighted by molar-refractivity contribution is 6.39. The Hall–Kier alpha value is -2.08. The third-order valence-corrected chi connectivity index (χ3v) is 4.61. The summed E-state index contributed by atoms with van der Waals surface area (Å²) in [5.74, 6) is -0.495. The summed E-state index contributed by atoms with van der Waals surface area (Å²) in [6.45, 7) is 11.2. The molecule has 1 fully saturated rings. The molecular weight excluding hydrogens is 342 g/mol. The molecule has 6 heteroatoms. The molecule has 6 nitrogen and oxygen atoms in total. The molecule has 1 aromatic carbocycles. The first-order chi connectivity index (χ1) is 12.6. The number of hydrogen-bond donors (Lipinski definition) is 3. The zero-order valence-corrected chi connectivity index (χ0v) is 17.1. The van der Waals surface area contributed by atoms with Crippen molar-refractivity contribution in [2.24, 2.45) is 0 Å². The smallest absolute Gasteiger partial charge is 0.313 e. The van der Waals surface area contributed by atoms with E-state index < -0.39 is 11.8 Å². The van der Waals surface area contributed by atoms with Gasteiger partial charge in [-0.1, -0.05) is 13.3 Å². The van der Waals surface area contributed by atoms with E-state index in [1.165, 1.54) is 0 Å². The van der Waals surface area contributed by atoms with E-state index >= 15 is 0 Å². The van der Waals surface area contributed by atoms with Crippen LogP contribution in [0.4, 0.5) is 5.69 Å². The molecule has 0 radical (unpaired) electrons. The predicted molar refractivity (Wildman–Crippen MR) is 108 cm³/mol. The summed E-state index contributed by atoms with van der Waals surface area (Å²) in [4.78, 5) is 24.5. The van der Waals surface area contributed by atoms with E-state index in [9.17, 15) is 9.59 Å². The minimum absolute atomic E-state index is 0.0381. The number of rotatable bonds is 6. The van der Waals surface area contributed by atoms with Crippen LogP contribution in [0.15, 0.2) is 24.3 Å². The van der Waals surface area contributed by atoms with E-state index in [-0.39, 0.29) is 17.1 Å². The summed E-state index contributed by atoms with van der Waals surface area (Å²) in [6, 6.07) is 7.03. The molecule has 0 saturated carbocycles. The lowest BCUT2D eigenvalue weighted by Crippen LogP contribution is -2.62. The van der Waals surface area contributed by atoms with Gasteiger partial charge in [0.15, 0.2) is 0 Å². The van der Waals surface area contributed by atoms with Crippen LogP contribution in [0, 0.1) is 0 Å². The Morgan fingerprint density at radius 2 is 1.67 bits per heavy atom. The Balaban J connectivity index is 1.87. The van der Waals surface area contributed by atoms with E-state index in [0.29, 0.717) is 12.3 Å². The minimum Gasteiger partial charge on any atom is -0.494 e. The Morgan fingerprint density at radius 1 is 1.07 bits per heavy atom. The van der Waals surface area contributed by atoms with Crippen LogP contribution in [-0.2, 0) is 9.59 Å². The van der Waals surface area contributed by atoms with Gasteiger partial charge in [-0.3, -0.25) is 9.59 Å². The van der Waals surface area contributed by atoms with Crippen LogP contribution >= 0.6 is 0 Å². The molecule has 1 saturated heterocycles. The lowest BCUT2D eigenvalue weighted by atomic mass is 9.79. The number of unbranched alkanes of at least 4 members (excludes halogenated alkanes) is 1. The van der Waals surface area contributed by atoms with Crippen LogP contribution in [0.3, 0.4) is 0 Å². The highest BCUT2D eigenvalue weighted by atomic mass is 16.5. The zero-order valence-electron chi connectivity index (χ0n) is 17.1. The fourth-order valence-electron chi connectivity index (χ4n) is 3.83. The molecule has 1 aliphatic heterocycles. The van der Waals surface area contributed by atoms with Crippen molar-refractivity contribution in [1.29, 1.82) is 0 Å². The molecule has 0 bridgehead atoms. The second-order valence-electron chi connectivity index (χ2n) is 8.65. The Bertz CT molecular complexity index is 637. The Labute approximate surface area is 162 Å². The van der Waals surface area contributed by atoms with Crippen LogP contribution in [0.5, 0.6) is 5.75 Å². The average molecular weight is 376 g/mol. The first kappa shape index (κ1) is 21.2. The summed E-state index contributed by atoms with van der Waals surface area (Å²) in [7, 11) is 0. The zero-order chi connectivity index (χ0) is 20.1. The van der Waals surface area contributed by atoms with Gasteiger partial charge < -0.3 is 20.7 Å². The number of hydrogen-bond acceptors (Lipinski definition) is 4. The number of amides is 2. The molecule has 0 spiro atoms. The highest BCUT2D eigenvalue weighted by Crippen LogP contribution is 2.28. The summed E-state index contributed by atoms with van der Waals surface area (Å²) in [5.41, 5.74) is 0.386. The van der Waals surface area contributed by atoms with E-state index in [1.54, 1.807) is 24.3 Å². The largest absolute Gasteiger partial charge is 0.494 e. The van der Waals surface area contributed by atoms with Gasteiger partial charge in [0.25, 0.3) is 0 Å². The molecule has 1 heterocycles. The third kappa shape index (κ3) is 6.86. The van der Waals surface area contributed by atoms with Gasteiger partial charge in [-0.2, -0.15) is 0 Å². The van der Waals surface area contributed by atoms with Crippen LogP contribution in [0.2, 0.25) is 0 Å². The molecule has 2 rings (SSSR count). The van der Waals surface area contributed by atoms with Crippen molar-refractivity contribution < 1.29 is 14.3 Å². The van der Waals surface area contributed by atoms with Gasteiger partial charge in [0, 0.05) is 22.8 Å². The SMILES string of the molecule is CCCCOc1ccc(NC(=O)C(=O)NC2CC(C)(C)NC(C)(C)C2)cc1. The molecular formula is C21H33N3O3. The maximum absolute atomic E-state index is 12.3. The number of piperidine rings is 1. The molecule has 0 unspecified atom stereocenters. The van der Waals surface area contributed by atoms with Crippen molar-refractivity contribution in [2.75, 3.05) is 11.9 Å². The fourth-order valence-corrected chi connectivity index (χ4v) is 3.83. The van der Waals surface area contributed by atoms with Gasteiger partial charge in [0.05, 0.1) is 6.61 Å². The molecule has 27 heavy (non-hydrogen) atoms. The van der Waals surface area contributed by atoms with Crippen molar-refractivity contribution in [1.82, 2.24) is 10.6 Å². The number of anilines is 1. The summed E-state index contributed by atoms with van der Waals surface area (Å²) < 4.78 is 5.60. The minimum atomic E-state index is -0.649. The molecule has 1 aliphatic rings. The normalized spacial score (nSPS) is 18.6. The van der Waals surface area contributed by atoms with Gasteiger partial charge in [0.2, 0.25) is 0 Å². The average Bonchev–Trinajstić information content (AvgIpc) is 2.53. The second kappa shape index (κ2) is 8.74. The summed E-state index contributed by atoms with van der Waals surface area (Å²) >= 11 is 0. The quantitative estimate of drug-likeness (QED) is 0.527. The Morgan fingerprint density at radius 3 is 2.22 bits per heavy atom. The standard InChI is InChI=1S/C21H33N3O3/c1-6-7-12-27-17-10-8-15(9-11-17)22-18(25)19(26)23-16-13-20(2,3)24-21(4,5)14-16/h8-11,16,24H,6-7,12-14H2,1-5H3,(H,22,25)(H,23,26). The van der Waals surface area contributed by atoms with Gasteiger partial charge >= 0.3 is 11.8 Å². The number of ether oxygens (including phenoxy) is 1. The van der Waals surface area contributed by atoms with E-state index in [2.05, 4.69) is 50.6 Å². The third-order valence-electron chi connectivity index (χ3n) is 4.61. The lowest BCUT2D eigenvalue weighted by molar-refractivity contribution is -0.137. The summed E-state index contributed by atoms with van der Waals surface area (Å²) in [6.07, 6.45) is 3.64. The number of benzene rings is 1. The molecule has 0 aromatic heterocycles. The first-order valence-electron chi connectivity index (χ1n) is 9.74. The van der Waals surface area contributed by atoms with Crippen molar-refractivity contribution >= 4 is 17.5 Å². The van der Waals surface area contributed by atoms with Crippen LogP contribution in [0.1, 0.15) is 60.3 Å². The maximum Gasteiger partial charge on any atom is 0.313 e. The molecule has 0 atom stereocenters. The van der Waals surface area contributed by atoms with Gasteiger partial charge in [-0.15, -0.1) is 0 Å². The van der Waals surface area contributed by atoms with Crippen LogP contribution < -0.4 is 20.7 Å². The number of carbonyl (C=O) groups is 2. The maximum atomic E-state index is 12.3. The number of nitrogens with one attached hydrogen (secondary N) is 3. The van der Waals surface area contributed by atoms with E-state index in [0.717, 1.165) is 31.4 Å². The fraction of sp³-hybridized carbons (Fsp3) is 0.619. The Kier molecular flexibility index (Phi) is 6.87. The molecule has 1 aromatic rings. The highest BCUT2D eigenvalue weighted by Gasteiger charge is 2.38. The van der Waals surface area contributed by atoms with Gasteiger partial charge in [-0.05, 0) is 71.2 Å². The molecule has 0 aliphatic carbocycles. The van der Waals surface area contributed by atoms with Crippen molar-refractivity contribution in [3.05, 3.63) is 24.3 Å². The van der Waals surface area contributed by atoms with Crippen molar-refractivity contribution in [3.63, 3.8) is 0 Å². The topological polar surface area (TPSA) is 79.5 Å². The molecule has 2 amide bonds. The van der Waals surface area contributed by atoms with Crippen LogP contribution in [-0.4, -0.2) is 35.5 Å². The van der Waals surface area contributed by atoms with Gasteiger partial charge in [-0.25, -0.2) is 0 Å². The van der Waals surface area contributed by atoms with E-state index in [1.807, 2.05) is 0 Å². The lowest BCUT2D eigenvalue weighted by Gasteiger charge is -2.46. The second-order valence-corrected chi connectivity index (χ2v) is 8.65. The first-order valence-corrected chi connectivity index (χ1v) is 9.74. The number of carbonyl (C=O) groups excluding carboxylic acids is 2. The summed E-state index contributed by atoms with van der Waals surface area (Å²) in [5, 5.41) is 9.09. The van der Waals surface area contributed by atoms with E-state index in [4.69, 9.17) is 4.74 Å². The van der Waals surface area contributed by atoms with Gasteiger partial charge in [0.1, 0.15) is 5.75 Å². The predicted octanol–water partition coefficient (Wildman–Crippen LogP) is 3.23.